The summed E-state index contributed by atoms with van der Waals surface area (Å²) >= 11 is 1.70. The summed E-state index contributed by atoms with van der Waals surface area (Å²) in [7, 11) is 0. The van der Waals surface area contributed by atoms with E-state index in [2.05, 4.69) is 50.1 Å². The molecule has 0 fully saturated rings. The van der Waals surface area contributed by atoms with E-state index >= 15 is 0 Å². The van der Waals surface area contributed by atoms with Crippen LogP contribution >= 0.6 is 11.3 Å². The van der Waals surface area contributed by atoms with Crippen LogP contribution in [0.15, 0.2) is 0 Å². The van der Waals surface area contributed by atoms with E-state index in [1.165, 1.54) is 0 Å². The van der Waals surface area contributed by atoms with Crippen molar-refractivity contribution in [2.45, 2.75) is 46.1 Å². The summed E-state index contributed by atoms with van der Waals surface area (Å²) in [6, 6.07) is 0.314. The van der Waals surface area contributed by atoms with E-state index in [-0.39, 0.29) is 5.41 Å². The second kappa shape index (κ2) is 4.36. The van der Waals surface area contributed by atoms with Crippen molar-refractivity contribution < 1.29 is 0 Å². The van der Waals surface area contributed by atoms with Crippen molar-refractivity contribution in [1.82, 2.24) is 15.5 Å². The average Bonchev–Trinajstić information content (AvgIpc) is 2.51. The fraction of sp³-hybridized carbons (Fsp3) is 0.800. The lowest BCUT2D eigenvalue weighted by Gasteiger charge is -2.12. The van der Waals surface area contributed by atoms with E-state index in [0.29, 0.717) is 6.04 Å². The fourth-order valence-corrected chi connectivity index (χ4v) is 2.03. The fourth-order valence-electron chi connectivity index (χ4n) is 1.11. The van der Waals surface area contributed by atoms with Crippen molar-refractivity contribution in [3.8, 4) is 0 Å². The Labute approximate surface area is 89.9 Å². The highest BCUT2D eigenvalue weighted by Crippen LogP contribution is 2.27. The van der Waals surface area contributed by atoms with E-state index in [1.807, 2.05) is 0 Å². The van der Waals surface area contributed by atoms with Gasteiger partial charge in [-0.2, -0.15) is 0 Å². The van der Waals surface area contributed by atoms with Crippen LogP contribution in [0.3, 0.4) is 0 Å². The normalized spacial score (nSPS) is 14.4. The highest BCUT2D eigenvalue weighted by molar-refractivity contribution is 7.11. The molecule has 0 spiro atoms. The zero-order valence-electron chi connectivity index (χ0n) is 9.59. The van der Waals surface area contributed by atoms with Gasteiger partial charge in [-0.25, -0.2) is 0 Å². The Morgan fingerprint density at radius 1 is 1.36 bits per heavy atom. The molecule has 80 valence electrons. The van der Waals surface area contributed by atoms with Crippen LogP contribution in [-0.4, -0.2) is 16.7 Å². The van der Waals surface area contributed by atoms with Crippen LogP contribution in [0.4, 0.5) is 0 Å². The summed E-state index contributed by atoms with van der Waals surface area (Å²) in [4.78, 5) is 0. The lowest BCUT2D eigenvalue weighted by Crippen LogP contribution is -2.17. The SMILES string of the molecule is CCNC(C)c1nnc(C(C)(C)C)s1. The summed E-state index contributed by atoms with van der Waals surface area (Å²) < 4.78 is 0. The third-order valence-electron chi connectivity index (χ3n) is 1.96. The van der Waals surface area contributed by atoms with Crippen molar-refractivity contribution in [3.63, 3.8) is 0 Å². The minimum Gasteiger partial charge on any atom is -0.308 e. The van der Waals surface area contributed by atoms with Gasteiger partial charge in [-0.05, 0) is 13.5 Å². The van der Waals surface area contributed by atoms with Crippen molar-refractivity contribution >= 4 is 11.3 Å². The summed E-state index contributed by atoms with van der Waals surface area (Å²) in [6.07, 6.45) is 0. The third-order valence-corrected chi connectivity index (χ3v) is 3.49. The van der Waals surface area contributed by atoms with Gasteiger partial charge in [-0.1, -0.05) is 39.0 Å². The van der Waals surface area contributed by atoms with Gasteiger partial charge in [0.05, 0.1) is 6.04 Å². The second-order valence-electron chi connectivity index (χ2n) is 4.47. The minimum atomic E-state index is 0.113. The highest BCUT2D eigenvalue weighted by atomic mass is 32.1. The largest absolute Gasteiger partial charge is 0.308 e. The zero-order chi connectivity index (χ0) is 10.8. The Kier molecular flexibility index (Phi) is 3.61. The monoisotopic (exact) mass is 213 g/mol. The van der Waals surface area contributed by atoms with Crippen molar-refractivity contribution in [2.24, 2.45) is 0 Å². The first-order valence-electron chi connectivity index (χ1n) is 5.02. The first kappa shape index (κ1) is 11.6. The standard InChI is InChI=1S/C10H19N3S/c1-6-11-7(2)8-12-13-9(14-8)10(3,4)5/h7,11H,6H2,1-5H3. The van der Waals surface area contributed by atoms with Gasteiger partial charge in [0.25, 0.3) is 0 Å². The molecule has 4 heteroatoms. The molecule has 1 rings (SSSR count). The van der Waals surface area contributed by atoms with Gasteiger partial charge in [0.2, 0.25) is 0 Å². The third kappa shape index (κ3) is 2.75. The van der Waals surface area contributed by atoms with Crippen LogP contribution in [0.25, 0.3) is 0 Å². The van der Waals surface area contributed by atoms with Crippen LogP contribution in [0.2, 0.25) is 0 Å². The topological polar surface area (TPSA) is 37.8 Å². The number of aromatic nitrogens is 2. The van der Waals surface area contributed by atoms with Crippen LogP contribution in [0.5, 0.6) is 0 Å². The van der Waals surface area contributed by atoms with Gasteiger partial charge in [0.1, 0.15) is 10.0 Å². The Morgan fingerprint density at radius 3 is 2.43 bits per heavy atom. The van der Waals surface area contributed by atoms with E-state index in [4.69, 9.17) is 0 Å². The quantitative estimate of drug-likeness (QED) is 0.838. The number of rotatable bonds is 3. The molecule has 1 heterocycles. The summed E-state index contributed by atoms with van der Waals surface area (Å²) in [6.45, 7) is 11.7. The number of nitrogens with one attached hydrogen (secondary N) is 1. The molecule has 0 saturated heterocycles. The Bertz CT molecular complexity index is 288. The predicted octanol–water partition coefficient (Wildman–Crippen LogP) is 2.51. The van der Waals surface area contributed by atoms with Gasteiger partial charge in [-0.3, -0.25) is 0 Å². The molecule has 1 unspecified atom stereocenters. The maximum Gasteiger partial charge on any atom is 0.134 e. The van der Waals surface area contributed by atoms with E-state index in [9.17, 15) is 0 Å². The van der Waals surface area contributed by atoms with Crippen molar-refractivity contribution in [1.29, 1.82) is 0 Å². The number of hydrogen-bond acceptors (Lipinski definition) is 4. The Morgan fingerprint density at radius 2 is 2.00 bits per heavy atom. The van der Waals surface area contributed by atoms with Gasteiger partial charge < -0.3 is 5.32 Å². The summed E-state index contributed by atoms with van der Waals surface area (Å²) in [5.74, 6) is 0. The first-order chi connectivity index (χ1) is 6.45. The molecular formula is C10H19N3S. The van der Waals surface area contributed by atoms with Crippen molar-refractivity contribution in [2.75, 3.05) is 6.54 Å². The molecule has 1 N–H and O–H groups in total. The van der Waals surface area contributed by atoms with Gasteiger partial charge in [0, 0.05) is 5.41 Å². The molecule has 3 nitrogen and oxygen atoms in total. The van der Waals surface area contributed by atoms with Crippen molar-refractivity contribution in [3.05, 3.63) is 10.0 Å². The Balaban J connectivity index is 2.78. The smallest absolute Gasteiger partial charge is 0.134 e. The Hall–Kier alpha value is -0.480. The molecule has 0 saturated carbocycles. The maximum absolute atomic E-state index is 4.22. The molecule has 0 aliphatic heterocycles. The van der Waals surface area contributed by atoms with Crippen LogP contribution in [0.1, 0.15) is 50.7 Å². The average molecular weight is 213 g/mol. The molecule has 0 amide bonds. The van der Waals surface area contributed by atoms with Crippen LogP contribution < -0.4 is 5.32 Å². The predicted molar refractivity (Wildman–Crippen MR) is 60.7 cm³/mol. The van der Waals surface area contributed by atoms with Gasteiger partial charge >= 0.3 is 0 Å². The molecule has 1 aromatic rings. The summed E-state index contributed by atoms with van der Waals surface area (Å²) in [5.41, 5.74) is 0.113. The second-order valence-corrected chi connectivity index (χ2v) is 5.48. The molecule has 1 atom stereocenters. The molecule has 0 aromatic carbocycles. The number of nitrogens with zero attached hydrogens (tertiary/aromatic N) is 2. The van der Waals surface area contributed by atoms with E-state index in [1.54, 1.807) is 11.3 Å². The van der Waals surface area contributed by atoms with Crippen LogP contribution in [0, 0.1) is 0 Å². The molecule has 14 heavy (non-hydrogen) atoms. The molecular weight excluding hydrogens is 194 g/mol. The molecule has 0 radical (unpaired) electrons. The van der Waals surface area contributed by atoms with E-state index in [0.717, 1.165) is 16.6 Å². The maximum atomic E-state index is 4.22. The first-order valence-corrected chi connectivity index (χ1v) is 5.84. The van der Waals surface area contributed by atoms with Gasteiger partial charge in [0.15, 0.2) is 0 Å². The minimum absolute atomic E-state index is 0.113. The highest BCUT2D eigenvalue weighted by Gasteiger charge is 2.20. The lowest BCUT2D eigenvalue weighted by molar-refractivity contribution is 0.570. The van der Waals surface area contributed by atoms with Gasteiger partial charge in [-0.15, -0.1) is 10.2 Å². The zero-order valence-corrected chi connectivity index (χ0v) is 10.4. The number of hydrogen-bond donors (Lipinski definition) is 1. The van der Waals surface area contributed by atoms with E-state index < -0.39 is 0 Å². The van der Waals surface area contributed by atoms with Crippen LogP contribution in [-0.2, 0) is 5.41 Å². The lowest BCUT2D eigenvalue weighted by atomic mass is 9.98. The molecule has 0 aliphatic rings. The summed E-state index contributed by atoms with van der Waals surface area (Å²) in [5, 5.41) is 13.9. The molecule has 0 bridgehead atoms. The molecule has 0 aliphatic carbocycles. The molecule has 1 aromatic heterocycles.